The zero-order chi connectivity index (χ0) is 17.3. The van der Waals surface area contributed by atoms with Crippen molar-refractivity contribution in [1.82, 2.24) is 0 Å². The standard InChI is InChI=1S/C13H16O10/c14-3-6-9(18)10(19)11(20)13(22-6)23-12(21)4-1-2-5(15)8(17)7(4)16/h1-2,6,9-11,13-20H,3H2/t6-,9-,10-,11-,13+/m1/s1. The van der Waals surface area contributed by atoms with Crippen LogP contribution < -0.4 is 0 Å². The molecule has 23 heavy (non-hydrogen) atoms. The van der Waals surface area contributed by atoms with E-state index in [0.29, 0.717) is 0 Å². The van der Waals surface area contributed by atoms with Gasteiger partial charge in [0.05, 0.1) is 6.61 Å². The van der Waals surface area contributed by atoms with Gasteiger partial charge in [-0.15, -0.1) is 0 Å². The van der Waals surface area contributed by atoms with Gasteiger partial charge in [-0.05, 0) is 12.1 Å². The average molecular weight is 332 g/mol. The lowest BCUT2D eigenvalue weighted by molar-refractivity contribution is -0.285. The summed E-state index contributed by atoms with van der Waals surface area (Å²) in [4.78, 5) is 12.0. The van der Waals surface area contributed by atoms with Crippen LogP contribution in [0, 0.1) is 0 Å². The van der Waals surface area contributed by atoms with Crippen molar-refractivity contribution in [1.29, 1.82) is 0 Å². The quantitative estimate of drug-likeness (QED) is 0.236. The molecule has 128 valence electrons. The fourth-order valence-electron chi connectivity index (χ4n) is 2.07. The maximum atomic E-state index is 12.0. The van der Waals surface area contributed by atoms with Crippen LogP contribution in [0.4, 0.5) is 0 Å². The van der Waals surface area contributed by atoms with Crippen LogP contribution in [0.2, 0.25) is 0 Å². The first-order valence-corrected chi connectivity index (χ1v) is 6.53. The second-order valence-corrected chi connectivity index (χ2v) is 4.93. The molecule has 1 aromatic rings. The van der Waals surface area contributed by atoms with E-state index in [9.17, 15) is 35.4 Å². The number of phenols is 3. The largest absolute Gasteiger partial charge is 0.504 e. The lowest BCUT2D eigenvalue weighted by Gasteiger charge is -2.39. The van der Waals surface area contributed by atoms with Crippen molar-refractivity contribution in [3.8, 4) is 17.2 Å². The first-order valence-electron chi connectivity index (χ1n) is 6.53. The maximum Gasteiger partial charge on any atom is 0.344 e. The highest BCUT2D eigenvalue weighted by Crippen LogP contribution is 2.37. The average Bonchev–Trinajstić information content (AvgIpc) is 2.53. The van der Waals surface area contributed by atoms with E-state index >= 15 is 0 Å². The zero-order valence-electron chi connectivity index (χ0n) is 11.6. The Labute approximate surface area is 129 Å². The van der Waals surface area contributed by atoms with Crippen molar-refractivity contribution in [3.63, 3.8) is 0 Å². The summed E-state index contributed by atoms with van der Waals surface area (Å²) in [5, 5.41) is 66.1. The highest BCUT2D eigenvalue weighted by Gasteiger charge is 2.45. The predicted molar refractivity (Wildman–Crippen MR) is 70.6 cm³/mol. The Balaban J connectivity index is 2.18. The number of aliphatic hydroxyl groups is 4. The number of hydrogen-bond donors (Lipinski definition) is 7. The summed E-state index contributed by atoms with van der Waals surface area (Å²) in [6, 6.07) is 1.88. The van der Waals surface area contributed by atoms with Crippen LogP contribution in [0.3, 0.4) is 0 Å². The monoisotopic (exact) mass is 332 g/mol. The summed E-state index contributed by atoms with van der Waals surface area (Å²) in [6.07, 6.45) is -8.15. The summed E-state index contributed by atoms with van der Waals surface area (Å²) in [7, 11) is 0. The van der Waals surface area contributed by atoms with Crippen LogP contribution in [0.25, 0.3) is 0 Å². The van der Waals surface area contributed by atoms with Gasteiger partial charge in [-0.1, -0.05) is 0 Å². The molecular formula is C13H16O10. The van der Waals surface area contributed by atoms with Gasteiger partial charge < -0.3 is 45.2 Å². The molecule has 0 saturated carbocycles. The number of esters is 1. The molecule has 0 spiro atoms. The van der Waals surface area contributed by atoms with E-state index in [2.05, 4.69) is 0 Å². The topological polar surface area (TPSA) is 177 Å². The van der Waals surface area contributed by atoms with Crippen molar-refractivity contribution < 1.29 is 50.0 Å². The summed E-state index contributed by atoms with van der Waals surface area (Å²) < 4.78 is 9.74. The number of hydrogen-bond acceptors (Lipinski definition) is 10. The van der Waals surface area contributed by atoms with Crippen molar-refractivity contribution in [2.24, 2.45) is 0 Å². The molecule has 1 aromatic carbocycles. The first kappa shape index (κ1) is 17.2. The number of aliphatic hydroxyl groups excluding tert-OH is 4. The molecule has 7 N–H and O–H groups in total. The van der Waals surface area contributed by atoms with Crippen molar-refractivity contribution >= 4 is 5.97 Å². The third-order valence-electron chi connectivity index (χ3n) is 3.42. The second kappa shape index (κ2) is 6.56. The van der Waals surface area contributed by atoms with Crippen LogP contribution in [-0.2, 0) is 9.47 Å². The molecular weight excluding hydrogens is 316 g/mol. The molecule has 0 radical (unpaired) electrons. The fourth-order valence-corrected chi connectivity index (χ4v) is 2.07. The Morgan fingerprint density at radius 1 is 1.04 bits per heavy atom. The molecule has 1 saturated heterocycles. The summed E-state index contributed by atoms with van der Waals surface area (Å²) in [5.41, 5.74) is -0.530. The van der Waals surface area contributed by atoms with Crippen LogP contribution >= 0.6 is 0 Å². The van der Waals surface area contributed by atoms with Gasteiger partial charge in [-0.3, -0.25) is 0 Å². The summed E-state index contributed by atoms with van der Waals surface area (Å²) >= 11 is 0. The minimum Gasteiger partial charge on any atom is -0.504 e. The summed E-state index contributed by atoms with van der Waals surface area (Å²) in [5.74, 6) is -3.78. The fraction of sp³-hybridized carbons (Fsp3) is 0.462. The Bertz CT molecular complexity index is 586. The molecule has 10 heteroatoms. The van der Waals surface area contributed by atoms with Crippen molar-refractivity contribution in [3.05, 3.63) is 17.7 Å². The van der Waals surface area contributed by atoms with E-state index in [1.165, 1.54) is 0 Å². The molecule has 5 atom stereocenters. The first-order chi connectivity index (χ1) is 10.8. The third-order valence-corrected chi connectivity index (χ3v) is 3.42. The molecule has 2 rings (SSSR count). The number of benzene rings is 1. The Kier molecular flexibility index (Phi) is 4.92. The van der Waals surface area contributed by atoms with E-state index in [0.717, 1.165) is 12.1 Å². The third kappa shape index (κ3) is 3.16. The molecule has 1 aliphatic rings. The zero-order valence-corrected chi connectivity index (χ0v) is 11.6. The van der Waals surface area contributed by atoms with Gasteiger partial charge in [0, 0.05) is 0 Å². The second-order valence-electron chi connectivity index (χ2n) is 4.93. The highest BCUT2D eigenvalue weighted by atomic mass is 16.7. The van der Waals surface area contributed by atoms with Gasteiger partial charge in [0.15, 0.2) is 11.5 Å². The number of phenolic OH excluding ortho intramolecular Hbond substituents is 3. The summed E-state index contributed by atoms with van der Waals surface area (Å²) in [6.45, 7) is -0.704. The van der Waals surface area contributed by atoms with Gasteiger partial charge in [-0.2, -0.15) is 0 Å². The van der Waals surface area contributed by atoms with Gasteiger partial charge in [0.2, 0.25) is 12.0 Å². The predicted octanol–water partition coefficient (Wildman–Crippen LogP) is -2.24. The van der Waals surface area contributed by atoms with Crippen LogP contribution in [-0.4, -0.2) is 79.0 Å². The Morgan fingerprint density at radius 2 is 1.70 bits per heavy atom. The van der Waals surface area contributed by atoms with E-state index in [1.54, 1.807) is 0 Å². The van der Waals surface area contributed by atoms with Gasteiger partial charge in [-0.25, -0.2) is 4.79 Å². The van der Waals surface area contributed by atoms with E-state index in [-0.39, 0.29) is 0 Å². The molecule has 0 amide bonds. The van der Waals surface area contributed by atoms with Gasteiger partial charge in [0.1, 0.15) is 30.0 Å². The molecule has 0 aromatic heterocycles. The molecule has 10 nitrogen and oxygen atoms in total. The molecule has 0 unspecified atom stereocenters. The van der Waals surface area contributed by atoms with Crippen molar-refractivity contribution in [2.75, 3.05) is 6.61 Å². The van der Waals surface area contributed by atoms with Crippen LogP contribution in [0.15, 0.2) is 12.1 Å². The molecule has 1 aliphatic heterocycles. The number of carbonyl (C=O) groups is 1. The van der Waals surface area contributed by atoms with E-state index in [4.69, 9.17) is 14.6 Å². The normalized spacial score (nSPS) is 30.9. The maximum absolute atomic E-state index is 12.0. The Hall–Kier alpha value is -2.11. The number of ether oxygens (including phenoxy) is 2. The number of rotatable bonds is 3. The number of aromatic hydroxyl groups is 3. The molecule has 0 bridgehead atoms. The molecule has 1 fully saturated rings. The Morgan fingerprint density at radius 3 is 2.30 bits per heavy atom. The highest BCUT2D eigenvalue weighted by molar-refractivity contribution is 5.94. The minimum absolute atomic E-state index is 0.530. The van der Waals surface area contributed by atoms with Crippen LogP contribution in [0.5, 0.6) is 17.2 Å². The number of carbonyl (C=O) groups excluding carboxylic acids is 1. The van der Waals surface area contributed by atoms with E-state index < -0.39 is 66.1 Å². The van der Waals surface area contributed by atoms with E-state index in [1.807, 2.05) is 0 Å². The lowest BCUT2D eigenvalue weighted by Crippen LogP contribution is -2.59. The smallest absolute Gasteiger partial charge is 0.344 e. The molecule has 0 aliphatic carbocycles. The molecule has 1 heterocycles. The SMILES string of the molecule is O=C(O[C@@H]1O[C@H](CO)[C@@H](O)[C@@H](O)[C@H]1O)c1ccc(O)c(O)c1O. The minimum atomic E-state index is -1.80. The van der Waals surface area contributed by atoms with Gasteiger partial charge >= 0.3 is 5.97 Å². The lowest BCUT2D eigenvalue weighted by atomic mass is 9.99. The van der Waals surface area contributed by atoms with Crippen LogP contribution in [0.1, 0.15) is 10.4 Å². The van der Waals surface area contributed by atoms with Gasteiger partial charge in [0.25, 0.3) is 0 Å². The van der Waals surface area contributed by atoms with Crippen molar-refractivity contribution in [2.45, 2.75) is 30.7 Å².